The van der Waals surface area contributed by atoms with E-state index in [1.165, 1.54) is 0 Å². The Kier molecular flexibility index (Phi) is 4.55. The van der Waals surface area contributed by atoms with Gasteiger partial charge in [0, 0.05) is 10.7 Å². The summed E-state index contributed by atoms with van der Waals surface area (Å²) in [6.07, 6.45) is 0. The predicted octanol–water partition coefficient (Wildman–Crippen LogP) is 4.51. The van der Waals surface area contributed by atoms with Crippen LogP contribution < -0.4 is 4.72 Å². The molecule has 0 saturated carbocycles. The lowest BCUT2D eigenvalue weighted by molar-refractivity contribution is 0.601. The first-order valence-electron chi connectivity index (χ1n) is 7.26. The largest absolute Gasteiger partial charge is 0.263 e. The molecule has 3 rings (SSSR count). The maximum Gasteiger partial charge on any atom is 0.263 e. The van der Waals surface area contributed by atoms with Crippen molar-refractivity contribution in [3.63, 3.8) is 0 Å². The molecule has 0 aliphatic carbocycles. The highest BCUT2D eigenvalue weighted by atomic mass is 35.5. The van der Waals surface area contributed by atoms with Crippen LogP contribution in [0.3, 0.4) is 0 Å². The van der Waals surface area contributed by atoms with Crippen LogP contribution in [0.25, 0.3) is 11.1 Å². The molecular weight excluding hydrogens is 344 g/mol. The minimum absolute atomic E-state index is 0.184. The molecule has 3 aromatic rings. The Bertz CT molecular complexity index is 953. The van der Waals surface area contributed by atoms with Crippen LogP contribution in [0.1, 0.15) is 5.69 Å². The van der Waals surface area contributed by atoms with Crippen molar-refractivity contribution < 1.29 is 8.42 Å². The fourth-order valence-corrected chi connectivity index (χ4v) is 3.39. The lowest BCUT2D eigenvalue weighted by Crippen LogP contribution is -2.14. The zero-order chi connectivity index (χ0) is 17.2. The van der Waals surface area contributed by atoms with E-state index in [9.17, 15) is 8.42 Å². The Balaban J connectivity index is 1.85. The first-order valence-corrected chi connectivity index (χ1v) is 9.13. The predicted molar refractivity (Wildman–Crippen MR) is 96.7 cm³/mol. The molecule has 0 atom stereocenters. The number of aryl methyl sites for hydroxylation is 1. The van der Waals surface area contributed by atoms with Gasteiger partial charge in [-0.25, -0.2) is 13.4 Å². The molecule has 0 amide bonds. The van der Waals surface area contributed by atoms with E-state index in [-0.39, 0.29) is 4.90 Å². The molecule has 1 aromatic heterocycles. The molecule has 0 aliphatic rings. The highest BCUT2D eigenvalue weighted by Gasteiger charge is 2.15. The highest BCUT2D eigenvalue weighted by molar-refractivity contribution is 7.92. The van der Waals surface area contributed by atoms with Gasteiger partial charge in [0.25, 0.3) is 10.0 Å². The van der Waals surface area contributed by atoms with Gasteiger partial charge in [0.05, 0.1) is 4.90 Å². The van der Waals surface area contributed by atoms with E-state index in [0.717, 1.165) is 16.8 Å². The second kappa shape index (κ2) is 6.63. The van der Waals surface area contributed by atoms with Gasteiger partial charge in [-0.2, -0.15) is 0 Å². The lowest BCUT2D eigenvalue weighted by Gasteiger charge is -2.09. The average molecular weight is 359 g/mol. The van der Waals surface area contributed by atoms with Gasteiger partial charge in [-0.1, -0.05) is 41.9 Å². The molecule has 1 N–H and O–H groups in total. The number of benzene rings is 2. The zero-order valence-electron chi connectivity index (χ0n) is 12.9. The summed E-state index contributed by atoms with van der Waals surface area (Å²) in [5.41, 5.74) is 2.63. The van der Waals surface area contributed by atoms with Crippen LogP contribution in [0.4, 0.5) is 5.82 Å². The molecule has 6 heteroatoms. The molecule has 2 aromatic carbocycles. The quantitative estimate of drug-likeness (QED) is 0.746. The van der Waals surface area contributed by atoms with E-state index >= 15 is 0 Å². The summed E-state index contributed by atoms with van der Waals surface area (Å²) in [6, 6.07) is 19.2. The first kappa shape index (κ1) is 16.5. The molecule has 0 saturated heterocycles. The molecule has 0 radical (unpaired) electrons. The Hall–Kier alpha value is -2.37. The summed E-state index contributed by atoms with van der Waals surface area (Å²) in [7, 11) is -3.67. The normalized spacial score (nSPS) is 11.2. The summed E-state index contributed by atoms with van der Waals surface area (Å²) in [6.45, 7) is 1.80. The van der Waals surface area contributed by atoms with Crippen LogP contribution >= 0.6 is 11.6 Å². The zero-order valence-corrected chi connectivity index (χ0v) is 14.5. The minimum Gasteiger partial charge on any atom is -0.263 e. The van der Waals surface area contributed by atoms with Crippen LogP contribution in [-0.2, 0) is 10.0 Å². The number of halogens is 1. The fourth-order valence-electron chi connectivity index (χ4n) is 2.27. The number of anilines is 1. The van der Waals surface area contributed by atoms with E-state index < -0.39 is 10.0 Å². The molecule has 0 bridgehead atoms. The maximum absolute atomic E-state index is 12.4. The Morgan fingerprint density at radius 3 is 2.04 bits per heavy atom. The molecule has 4 nitrogen and oxygen atoms in total. The van der Waals surface area contributed by atoms with Crippen LogP contribution in [0.15, 0.2) is 71.6 Å². The Morgan fingerprint density at radius 1 is 0.875 bits per heavy atom. The van der Waals surface area contributed by atoms with Crippen LogP contribution in [-0.4, -0.2) is 13.4 Å². The van der Waals surface area contributed by atoms with Gasteiger partial charge in [0.2, 0.25) is 0 Å². The maximum atomic E-state index is 12.4. The van der Waals surface area contributed by atoms with E-state index in [1.807, 2.05) is 12.1 Å². The average Bonchev–Trinajstić information content (AvgIpc) is 2.55. The third-order valence-electron chi connectivity index (χ3n) is 3.47. The molecule has 0 unspecified atom stereocenters. The van der Waals surface area contributed by atoms with E-state index in [4.69, 9.17) is 11.6 Å². The van der Waals surface area contributed by atoms with Crippen molar-refractivity contribution in [3.8, 4) is 11.1 Å². The summed E-state index contributed by atoms with van der Waals surface area (Å²) >= 11 is 5.88. The van der Waals surface area contributed by atoms with Crippen molar-refractivity contribution in [2.45, 2.75) is 11.8 Å². The molecule has 0 spiro atoms. The van der Waals surface area contributed by atoms with E-state index in [0.29, 0.717) is 10.8 Å². The number of sulfonamides is 1. The number of nitrogens with zero attached hydrogens (tertiary/aromatic N) is 1. The van der Waals surface area contributed by atoms with Crippen molar-refractivity contribution >= 4 is 27.4 Å². The summed E-state index contributed by atoms with van der Waals surface area (Å²) in [4.78, 5) is 4.34. The molecule has 1 heterocycles. The van der Waals surface area contributed by atoms with Crippen molar-refractivity contribution in [1.29, 1.82) is 0 Å². The Morgan fingerprint density at radius 2 is 1.46 bits per heavy atom. The molecular formula is C18H15ClN2O2S. The number of nitrogens with one attached hydrogen (secondary N) is 1. The SMILES string of the molecule is Cc1cccc(NS(=O)(=O)c2ccc(-c3ccc(Cl)cc3)cc2)n1. The minimum atomic E-state index is -3.67. The third kappa shape index (κ3) is 3.75. The van der Waals surface area contributed by atoms with Crippen molar-refractivity contribution in [2.75, 3.05) is 4.72 Å². The number of hydrogen-bond acceptors (Lipinski definition) is 3. The lowest BCUT2D eigenvalue weighted by atomic mass is 10.1. The standard InChI is InChI=1S/C18H15ClN2O2S/c1-13-3-2-4-18(20-13)21-24(22,23)17-11-7-15(8-12-17)14-5-9-16(19)10-6-14/h2-12H,1H3,(H,20,21). The van der Waals surface area contributed by atoms with E-state index in [2.05, 4.69) is 9.71 Å². The highest BCUT2D eigenvalue weighted by Crippen LogP contribution is 2.23. The Labute approximate surface area is 146 Å². The van der Waals surface area contributed by atoms with E-state index in [1.54, 1.807) is 61.5 Å². The van der Waals surface area contributed by atoms with Crippen LogP contribution in [0.5, 0.6) is 0 Å². The van der Waals surface area contributed by atoms with Crippen LogP contribution in [0.2, 0.25) is 5.02 Å². The molecule has 0 fully saturated rings. The number of aromatic nitrogens is 1. The fraction of sp³-hybridized carbons (Fsp3) is 0.0556. The third-order valence-corrected chi connectivity index (χ3v) is 5.09. The van der Waals surface area contributed by atoms with Crippen molar-refractivity contribution in [3.05, 3.63) is 77.4 Å². The van der Waals surface area contributed by atoms with Crippen LogP contribution in [0, 0.1) is 6.92 Å². The van der Waals surface area contributed by atoms with Gasteiger partial charge in [0.15, 0.2) is 0 Å². The van der Waals surface area contributed by atoms with Gasteiger partial charge >= 0.3 is 0 Å². The molecule has 0 aliphatic heterocycles. The second-order valence-corrected chi connectivity index (χ2v) is 7.42. The number of rotatable bonds is 4. The molecule has 24 heavy (non-hydrogen) atoms. The van der Waals surface area contributed by atoms with Crippen molar-refractivity contribution in [2.24, 2.45) is 0 Å². The monoisotopic (exact) mass is 358 g/mol. The number of hydrogen-bond donors (Lipinski definition) is 1. The summed E-state index contributed by atoms with van der Waals surface area (Å²) in [5, 5.41) is 0.660. The summed E-state index contributed by atoms with van der Waals surface area (Å²) in [5.74, 6) is 0.303. The van der Waals surface area contributed by atoms with Gasteiger partial charge in [-0.05, 0) is 54.4 Å². The number of pyridine rings is 1. The topological polar surface area (TPSA) is 59.1 Å². The van der Waals surface area contributed by atoms with Gasteiger partial charge < -0.3 is 0 Å². The summed E-state index contributed by atoms with van der Waals surface area (Å²) < 4.78 is 27.4. The van der Waals surface area contributed by atoms with Gasteiger partial charge in [0.1, 0.15) is 5.82 Å². The second-order valence-electron chi connectivity index (χ2n) is 5.30. The molecule has 122 valence electrons. The van der Waals surface area contributed by atoms with Gasteiger partial charge in [-0.15, -0.1) is 0 Å². The van der Waals surface area contributed by atoms with Crippen molar-refractivity contribution in [1.82, 2.24) is 4.98 Å². The smallest absolute Gasteiger partial charge is 0.263 e. The van der Waals surface area contributed by atoms with Gasteiger partial charge in [-0.3, -0.25) is 4.72 Å². The first-order chi connectivity index (χ1) is 11.4.